The average Bonchev–Trinajstić information content (AvgIpc) is 3.81. The van der Waals surface area contributed by atoms with Crippen LogP contribution in [0.5, 0.6) is 5.75 Å². The molecule has 2 aromatic heterocycles. The van der Waals surface area contributed by atoms with Crippen LogP contribution in [0.25, 0.3) is 32.9 Å². The number of piperidine rings is 1. The van der Waals surface area contributed by atoms with Gasteiger partial charge < -0.3 is 19.4 Å². The predicted octanol–water partition coefficient (Wildman–Crippen LogP) is 5.15. The number of likely N-dealkylation sites (tertiary alicyclic amines) is 1. The number of hydrogen-bond acceptors (Lipinski definition) is 9. The summed E-state index contributed by atoms with van der Waals surface area (Å²) in [5.41, 5.74) is 4.07. The van der Waals surface area contributed by atoms with Gasteiger partial charge in [-0.1, -0.05) is 12.6 Å². The maximum Gasteiger partial charge on any atom is 0.422 e. The number of alkyl halides is 3. The lowest BCUT2D eigenvalue weighted by atomic mass is 9.72. The molecule has 1 amide bonds. The molecular formula is C35H38F3N7O4S. The normalized spacial score (nSPS) is 20.4. The van der Waals surface area contributed by atoms with Crippen LogP contribution < -0.4 is 14.5 Å². The molecule has 50 heavy (non-hydrogen) atoms. The summed E-state index contributed by atoms with van der Waals surface area (Å²) in [4.78, 5) is 27.9. The van der Waals surface area contributed by atoms with Crippen molar-refractivity contribution in [2.24, 2.45) is 5.41 Å². The van der Waals surface area contributed by atoms with Gasteiger partial charge in [0, 0.05) is 61.0 Å². The van der Waals surface area contributed by atoms with E-state index in [1.165, 1.54) is 6.08 Å². The van der Waals surface area contributed by atoms with Crippen molar-refractivity contribution in [2.75, 3.05) is 67.2 Å². The molecule has 0 atom stereocenters. The molecule has 1 N–H and O–H groups in total. The van der Waals surface area contributed by atoms with E-state index in [-0.39, 0.29) is 59.0 Å². The number of aromatic amines is 1. The minimum Gasteiger partial charge on any atom is -0.481 e. The van der Waals surface area contributed by atoms with Gasteiger partial charge in [0.25, 0.3) is 0 Å². The molecule has 0 unspecified atom stereocenters. The molecule has 0 bridgehead atoms. The quantitative estimate of drug-likeness (QED) is 0.260. The lowest BCUT2D eigenvalue weighted by molar-refractivity contribution is -0.153. The highest BCUT2D eigenvalue weighted by Crippen LogP contribution is 2.53. The topological polar surface area (TPSA) is 125 Å². The largest absolute Gasteiger partial charge is 0.481 e. The van der Waals surface area contributed by atoms with E-state index >= 15 is 0 Å². The highest BCUT2D eigenvalue weighted by molar-refractivity contribution is 7.91. The van der Waals surface area contributed by atoms with Gasteiger partial charge in [0.15, 0.2) is 22.2 Å². The molecule has 3 saturated heterocycles. The number of rotatable bonds is 7. The van der Waals surface area contributed by atoms with E-state index in [2.05, 4.69) is 21.7 Å². The number of aromatic nitrogens is 4. The molecule has 1 aliphatic carbocycles. The molecule has 15 heteroatoms. The number of halogens is 3. The van der Waals surface area contributed by atoms with Crippen molar-refractivity contribution in [3.8, 4) is 16.9 Å². The summed E-state index contributed by atoms with van der Waals surface area (Å²) in [5, 5.41) is 8.60. The molecule has 264 valence electrons. The van der Waals surface area contributed by atoms with E-state index in [1.54, 1.807) is 16.0 Å². The van der Waals surface area contributed by atoms with Crippen LogP contribution in [0, 0.1) is 12.3 Å². The average molecular weight is 710 g/mol. The minimum atomic E-state index is -4.61. The number of aryl methyl sites for hydroxylation is 1. The monoisotopic (exact) mass is 709 g/mol. The first-order valence-corrected chi connectivity index (χ1v) is 18.8. The summed E-state index contributed by atoms with van der Waals surface area (Å²) >= 11 is 0. The fourth-order valence-corrected chi connectivity index (χ4v) is 9.01. The van der Waals surface area contributed by atoms with E-state index in [9.17, 15) is 26.4 Å². The Kier molecular flexibility index (Phi) is 7.77. The minimum absolute atomic E-state index is 0.00378. The first-order valence-electron chi connectivity index (χ1n) is 17.0. The maximum absolute atomic E-state index is 14.0. The Morgan fingerprint density at radius 3 is 2.44 bits per heavy atom. The van der Waals surface area contributed by atoms with Crippen LogP contribution in [0.2, 0.25) is 0 Å². The molecule has 5 heterocycles. The van der Waals surface area contributed by atoms with Crippen LogP contribution >= 0.6 is 0 Å². The van der Waals surface area contributed by atoms with E-state index in [1.807, 2.05) is 25.1 Å². The molecule has 0 radical (unpaired) electrons. The summed E-state index contributed by atoms with van der Waals surface area (Å²) in [6, 6.07) is 5.86. The summed E-state index contributed by atoms with van der Waals surface area (Å²) < 4.78 is 72.5. The first kappa shape index (κ1) is 32.8. The number of fused-ring (bicyclic) bond motifs is 2. The number of nitrogens with zero attached hydrogens (tertiary/aromatic N) is 6. The lowest BCUT2D eigenvalue weighted by Gasteiger charge is -2.54. The summed E-state index contributed by atoms with van der Waals surface area (Å²) in [6.45, 7) is 6.94. The Balaban J connectivity index is 1.31. The second-order valence-electron chi connectivity index (χ2n) is 14.2. The standard InChI is InChI=1S/C35H38F3N7O4S/c1-3-27(46)45-18-34(19-45)8-10-43(11-9-34)32-24-16-23(22-5-6-22)29(28-21(2)4-7-26-25(28)17-39-42-26)31(49-20-35(36,37)38)30(24)40-33(41-32)44-12-14-50(47,48)15-13-44/h3-4,7,16-17,22H,1,5-6,8-15,18-20H2,2H3,(H,39,42). The molecule has 4 fully saturated rings. The van der Waals surface area contributed by atoms with Gasteiger partial charge in [-0.3, -0.25) is 9.89 Å². The second kappa shape index (κ2) is 11.8. The number of carbonyl (C=O) groups excluding carboxylic acids is 1. The highest BCUT2D eigenvalue weighted by atomic mass is 32.2. The Morgan fingerprint density at radius 2 is 1.78 bits per heavy atom. The molecule has 4 aromatic rings. The maximum atomic E-state index is 14.0. The SMILES string of the molecule is C=CC(=O)N1CC2(CCN(c3nc(N4CCS(=O)(=O)CC4)nc4c(OCC(F)(F)F)c(-c5c(C)ccc6[nH]ncc56)c(C5CC5)cc34)CC2)C1. The fourth-order valence-electron chi connectivity index (χ4n) is 7.81. The fraction of sp³-hybridized carbons (Fsp3) is 0.486. The molecule has 8 rings (SSSR count). The summed E-state index contributed by atoms with van der Waals surface area (Å²) in [6.07, 6.45) is 1.81. The lowest BCUT2D eigenvalue weighted by Crippen LogP contribution is -2.61. The van der Waals surface area contributed by atoms with Gasteiger partial charge in [-0.05, 0) is 73.4 Å². The van der Waals surface area contributed by atoms with Crippen LogP contribution in [-0.4, -0.2) is 103 Å². The Morgan fingerprint density at radius 1 is 1.06 bits per heavy atom. The van der Waals surface area contributed by atoms with Crippen molar-refractivity contribution >= 4 is 49.3 Å². The van der Waals surface area contributed by atoms with E-state index < -0.39 is 22.6 Å². The molecular weight excluding hydrogens is 671 g/mol. The van der Waals surface area contributed by atoms with Gasteiger partial charge in [-0.25, -0.2) is 13.4 Å². The van der Waals surface area contributed by atoms with Crippen LogP contribution in [0.1, 0.15) is 42.7 Å². The van der Waals surface area contributed by atoms with Crippen molar-refractivity contribution in [3.63, 3.8) is 0 Å². The zero-order valence-electron chi connectivity index (χ0n) is 27.7. The molecule has 2 aromatic carbocycles. The van der Waals surface area contributed by atoms with Crippen LogP contribution in [0.4, 0.5) is 24.9 Å². The zero-order valence-corrected chi connectivity index (χ0v) is 28.5. The Labute approximate surface area is 287 Å². The van der Waals surface area contributed by atoms with Gasteiger partial charge in [-0.2, -0.15) is 23.3 Å². The molecule has 1 spiro atoms. The van der Waals surface area contributed by atoms with Crippen LogP contribution in [0.15, 0.2) is 37.1 Å². The molecule has 4 aliphatic rings. The summed E-state index contributed by atoms with van der Waals surface area (Å²) in [5.74, 6) is 0.798. The number of carbonyl (C=O) groups is 1. The number of amides is 1. The van der Waals surface area contributed by atoms with Crippen molar-refractivity contribution in [1.29, 1.82) is 0 Å². The van der Waals surface area contributed by atoms with Crippen molar-refractivity contribution in [2.45, 2.75) is 44.7 Å². The van der Waals surface area contributed by atoms with Gasteiger partial charge in [0.1, 0.15) is 11.3 Å². The van der Waals surface area contributed by atoms with Crippen molar-refractivity contribution in [3.05, 3.63) is 48.2 Å². The van der Waals surface area contributed by atoms with Gasteiger partial charge in [-0.15, -0.1) is 0 Å². The van der Waals surface area contributed by atoms with E-state index in [0.29, 0.717) is 42.9 Å². The Bertz CT molecular complexity index is 2120. The molecule has 1 saturated carbocycles. The second-order valence-corrected chi connectivity index (χ2v) is 16.5. The number of H-pyrrole nitrogens is 1. The highest BCUT2D eigenvalue weighted by Gasteiger charge is 2.47. The Hall–Kier alpha value is -4.40. The van der Waals surface area contributed by atoms with Gasteiger partial charge >= 0.3 is 6.18 Å². The number of anilines is 2. The summed E-state index contributed by atoms with van der Waals surface area (Å²) in [7, 11) is -3.22. The van der Waals surface area contributed by atoms with Gasteiger partial charge in [0.05, 0.1) is 23.2 Å². The zero-order chi connectivity index (χ0) is 35.0. The number of hydrogen-bond donors (Lipinski definition) is 1. The third kappa shape index (κ3) is 5.92. The van der Waals surface area contributed by atoms with E-state index in [0.717, 1.165) is 53.3 Å². The van der Waals surface area contributed by atoms with Crippen LogP contribution in [0.3, 0.4) is 0 Å². The number of ether oxygens (including phenoxy) is 1. The number of benzene rings is 2. The van der Waals surface area contributed by atoms with E-state index in [4.69, 9.17) is 14.7 Å². The third-order valence-electron chi connectivity index (χ3n) is 10.7. The van der Waals surface area contributed by atoms with Crippen LogP contribution in [-0.2, 0) is 14.6 Å². The predicted molar refractivity (Wildman–Crippen MR) is 184 cm³/mol. The van der Waals surface area contributed by atoms with Gasteiger partial charge in [0.2, 0.25) is 11.9 Å². The molecule has 3 aliphatic heterocycles. The molecule has 11 nitrogen and oxygen atoms in total. The first-order chi connectivity index (χ1) is 23.8. The third-order valence-corrected chi connectivity index (χ3v) is 12.3. The number of nitrogens with one attached hydrogen (secondary N) is 1. The number of sulfone groups is 1. The van der Waals surface area contributed by atoms with Crippen molar-refractivity contribution in [1.82, 2.24) is 25.1 Å². The smallest absolute Gasteiger partial charge is 0.422 e. The van der Waals surface area contributed by atoms with Crippen molar-refractivity contribution < 1.29 is 31.1 Å².